The van der Waals surface area contributed by atoms with E-state index in [4.69, 9.17) is 14.2 Å². The van der Waals surface area contributed by atoms with Crippen LogP contribution in [0.15, 0.2) is 24.3 Å². The standard InChI is InChI=1S/C14H22O3/c1-3-6-13-7-4-5-8-14(13)17-12-11-16-10-9-15-2/h4-5,7-8H,3,6,9-12H2,1-2H3. The van der Waals surface area contributed by atoms with E-state index in [-0.39, 0.29) is 0 Å². The predicted molar refractivity (Wildman–Crippen MR) is 68.6 cm³/mol. The Bertz CT molecular complexity index is 299. The van der Waals surface area contributed by atoms with E-state index in [2.05, 4.69) is 13.0 Å². The average Bonchev–Trinajstić information content (AvgIpc) is 2.36. The minimum Gasteiger partial charge on any atom is -0.491 e. The summed E-state index contributed by atoms with van der Waals surface area (Å²) in [6, 6.07) is 8.18. The van der Waals surface area contributed by atoms with Crippen molar-refractivity contribution in [2.75, 3.05) is 33.5 Å². The summed E-state index contributed by atoms with van der Waals surface area (Å²) >= 11 is 0. The van der Waals surface area contributed by atoms with E-state index in [1.807, 2.05) is 18.2 Å². The second-order valence-corrected chi connectivity index (χ2v) is 3.81. The van der Waals surface area contributed by atoms with Crippen molar-refractivity contribution in [1.82, 2.24) is 0 Å². The van der Waals surface area contributed by atoms with Gasteiger partial charge in [-0.3, -0.25) is 0 Å². The van der Waals surface area contributed by atoms with Crippen LogP contribution in [0.1, 0.15) is 18.9 Å². The molecule has 96 valence electrons. The smallest absolute Gasteiger partial charge is 0.122 e. The lowest BCUT2D eigenvalue weighted by atomic mass is 10.1. The molecule has 0 unspecified atom stereocenters. The first kappa shape index (κ1) is 14.0. The molecule has 0 atom stereocenters. The van der Waals surface area contributed by atoms with Gasteiger partial charge in [0.2, 0.25) is 0 Å². The van der Waals surface area contributed by atoms with Crippen LogP contribution in [0.3, 0.4) is 0 Å². The molecule has 0 fully saturated rings. The number of hydrogen-bond donors (Lipinski definition) is 0. The minimum atomic E-state index is 0.588. The molecule has 3 nitrogen and oxygen atoms in total. The molecule has 17 heavy (non-hydrogen) atoms. The maximum atomic E-state index is 5.70. The van der Waals surface area contributed by atoms with E-state index >= 15 is 0 Å². The Labute approximate surface area is 104 Å². The third-order valence-corrected chi connectivity index (χ3v) is 2.41. The first-order valence-corrected chi connectivity index (χ1v) is 6.16. The molecule has 0 N–H and O–H groups in total. The van der Waals surface area contributed by atoms with Gasteiger partial charge < -0.3 is 14.2 Å². The van der Waals surface area contributed by atoms with Gasteiger partial charge in [-0.2, -0.15) is 0 Å². The van der Waals surface area contributed by atoms with Crippen molar-refractivity contribution in [3.05, 3.63) is 29.8 Å². The Morgan fingerprint density at radius 2 is 1.76 bits per heavy atom. The van der Waals surface area contributed by atoms with Crippen molar-refractivity contribution in [3.8, 4) is 5.75 Å². The van der Waals surface area contributed by atoms with Crippen LogP contribution < -0.4 is 4.74 Å². The van der Waals surface area contributed by atoms with Gasteiger partial charge in [0.05, 0.1) is 19.8 Å². The van der Waals surface area contributed by atoms with E-state index in [0.29, 0.717) is 26.4 Å². The summed E-state index contributed by atoms with van der Waals surface area (Å²) in [5.41, 5.74) is 1.27. The van der Waals surface area contributed by atoms with Crippen molar-refractivity contribution >= 4 is 0 Å². The third-order valence-electron chi connectivity index (χ3n) is 2.41. The zero-order valence-electron chi connectivity index (χ0n) is 10.8. The van der Waals surface area contributed by atoms with Crippen LogP contribution in [0, 0.1) is 0 Å². The van der Waals surface area contributed by atoms with Crippen LogP contribution >= 0.6 is 0 Å². The molecule has 0 aromatic heterocycles. The van der Waals surface area contributed by atoms with Gasteiger partial charge in [0.1, 0.15) is 12.4 Å². The molecular weight excluding hydrogens is 216 g/mol. The molecule has 1 aromatic carbocycles. The highest BCUT2D eigenvalue weighted by molar-refractivity contribution is 5.33. The fourth-order valence-corrected chi connectivity index (χ4v) is 1.58. The molecule has 0 saturated heterocycles. The highest BCUT2D eigenvalue weighted by atomic mass is 16.5. The number of hydrogen-bond acceptors (Lipinski definition) is 3. The second kappa shape index (κ2) is 9.02. The van der Waals surface area contributed by atoms with Crippen molar-refractivity contribution in [2.24, 2.45) is 0 Å². The maximum Gasteiger partial charge on any atom is 0.122 e. The Morgan fingerprint density at radius 1 is 1.00 bits per heavy atom. The molecule has 0 heterocycles. The first-order chi connectivity index (χ1) is 8.38. The van der Waals surface area contributed by atoms with Gasteiger partial charge >= 0.3 is 0 Å². The van der Waals surface area contributed by atoms with Crippen LogP contribution in [0.25, 0.3) is 0 Å². The molecule has 1 rings (SSSR count). The molecule has 0 aliphatic heterocycles. The van der Waals surface area contributed by atoms with E-state index in [1.165, 1.54) is 5.56 Å². The Hall–Kier alpha value is -1.06. The number of ether oxygens (including phenoxy) is 3. The molecule has 0 radical (unpaired) electrons. The van der Waals surface area contributed by atoms with Crippen molar-refractivity contribution < 1.29 is 14.2 Å². The second-order valence-electron chi connectivity index (χ2n) is 3.81. The largest absolute Gasteiger partial charge is 0.491 e. The van der Waals surface area contributed by atoms with Crippen molar-refractivity contribution in [1.29, 1.82) is 0 Å². The van der Waals surface area contributed by atoms with E-state index in [0.717, 1.165) is 18.6 Å². The van der Waals surface area contributed by atoms with E-state index < -0.39 is 0 Å². The Balaban J connectivity index is 2.25. The normalized spacial score (nSPS) is 10.5. The lowest BCUT2D eigenvalue weighted by molar-refractivity contribution is 0.0543. The summed E-state index contributed by atoms with van der Waals surface area (Å²) in [4.78, 5) is 0. The Morgan fingerprint density at radius 3 is 2.53 bits per heavy atom. The maximum absolute atomic E-state index is 5.70. The minimum absolute atomic E-state index is 0.588. The van der Waals surface area contributed by atoms with Crippen LogP contribution in [0.2, 0.25) is 0 Å². The highest BCUT2D eigenvalue weighted by Gasteiger charge is 2.01. The molecular formula is C14H22O3. The number of aryl methyl sites for hydroxylation is 1. The molecule has 3 heteroatoms. The van der Waals surface area contributed by atoms with Gasteiger partial charge in [-0.15, -0.1) is 0 Å². The third kappa shape index (κ3) is 5.71. The van der Waals surface area contributed by atoms with Gasteiger partial charge in [-0.05, 0) is 18.1 Å². The van der Waals surface area contributed by atoms with Crippen molar-refractivity contribution in [3.63, 3.8) is 0 Å². The summed E-state index contributed by atoms with van der Waals surface area (Å²) in [5.74, 6) is 0.977. The molecule has 0 aliphatic rings. The van der Waals surface area contributed by atoms with Crippen LogP contribution in [-0.2, 0) is 15.9 Å². The lowest BCUT2D eigenvalue weighted by Gasteiger charge is -2.11. The summed E-state index contributed by atoms with van der Waals surface area (Å²) in [7, 11) is 1.67. The SMILES string of the molecule is CCCc1ccccc1OCCOCCOC. The Kier molecular flexibility index (Phi) is 7.43. The van der Waals surface area contributed by atoms with Gasteiger partial charge in [-0.1, -0.05) is 31.5 Å². The van der Waals surface area contributed by atoms with Crippen molar-refractivity contribution in [2.45, 2.75) is 19.8 Å². The molecule has 1 aromatic rings. The van der Waals surface area contributed by atoms with Gasteiger partial charge in [0.25, 0.3) is 0 Å². The molecule has 0 amide bonds. The molecule has 0 aliphatic carbocycles. The fraction of sp³-hybridized carbons (Fsp3) is 0.571. The summed E-state index contributed by atoms with van der Waals surface area (Å²) in [5, 5.41) is 0. The number of methoxy groups -OCH3 is 1. The number of rotatable bonds is 9. The summed E-state index contributed by atoms with van der Waals surface area (Å²) < 4.78 is 15.9. The van der Waals surface area contributed by atoms with E-state index in [1.54, 1.807) is 7.11 Å². The van der Waals surface area contributed by atoms with Crippen LogP contribution in [0.5, 0.6) is 5.75 Å². The fourth-order valence-electron chi connectivity index (χ4n) is 1.58. The zero-order chi connectivity index (χ0) is 12.3. The molecule has 0 saturated carbocycles. The molecule has 0 bridgehead atoms. The predicted octanol–water partition coefficient (Wildman–Crippen LogP) is 2.68. The van der Waals surface area contributed by atoms with E-state index in [9.17, 15) is 0 Å². The average molecular weight is 238 g/mol. The monoisotopic (exact) mass is 238 g/mol. The van der Waals surface area contributed by atoms with Gasteiger partial charge in [-0.25, -0.2) is 0 Å². The summed E-state index contributed by atoms with van der Waals surface area (Å²) in [6.45, 7) is 4.61. The van der Waals surface area contributed by atoms with Gasteiger partial charge in [0.15, 0.2) is 0 Å². The molecule has 0 spiro atoms. The van der Waals surface area contributed by atoms with Gasteiger partial charge in [0, 0.05) is 7.11 Å². The topological polar surface area (TPSA) is 27.7 Å². The number of benzene rings is 1. The zero-order valence-corrected chi connectivity index (χ0v) is 10.8. The van der Waals surface area contributed by atoms with Crippen LogP contribution in [0.4, 0.5) is 0 Å². The first-order valence-electron chi connectivity index (χ1n) is 6.16. The quantitative estimate of drug-likeness (QED) is 0.619. The van der Waals surface area contributed by atoms with Crippen LogP contribution in [-0.4, -0.2) is 33.5 Å². The highest BCUT2D eigenvalue weighted by Crippen LogP contribution is 2.19. The lowest BCUT2D eigenvalue weighted by Crippen LogP contribution is -2.10. The summed E-state index contributed by atoms with van der Waals surface area (Å²) in [6.07, 6.45) is 2.19. The number of para-hydroxylation sites is 1.